The third-order valence-corrected chi connectivity index (χ3v) is 10.9. The average molecular weight is 1110 g/mol. The zero-order chi connectivity index (χ0) is 57.9. The first kappa shape index (κ1) is 67.5. The van der Waals surface area contributed by atoms with E-state index in [1.807, 2.05) is 0 Å². The van der Waals surface area contributed by atoms with E-state index in [1.54, 1.807) is 36.4 Å². The third kappa shape index (κ3) is 30.8. The standard InChI is InChI=1S/C32H38O13.C16H30O7.C8H4O3/c33-27(15-3-1-9-17-44-31(39)25-13-7-5-11-23(25)29(35)36)42-21-19-41-20-22-43-28(34)16-4-2-10-18-45-32(40)26-14-8-6-12-24(26)30(37)38;17-9-5-1-3-7-15(19)22-13-11-21-12-14-23-16(20)8-4-2-6-10-18;9-7-5-3-1-2-4-6(5)8(10)11-7/h5-8,11-14H,1-4,9-10,15-22H2,(H,35,36)(H,37,38);17-18H,1-14H2;1-4H. The SMILES string of the molecule is O=C(CCCCCO)OCCOCCOC(=O)CCCCCO.O=C(CCCCCOC(=O)c1ccccc1C(=O)O)OCCOCCOC(=O)CCCCCOC(=O)c1ccccc1C(=O)O.O=C1OC(=O)c2ccccc21. The largest absolute Gasteiger partial charge is 0.478 e. The number of carbonyl (C=O) groups excluding carboxylic acids is 8. The summed E-state index contributed by atoms with van der Waals surface area (Å²) in [5, 5.41) is 35.5. The Balaban J connectivity index is 0.000000513. The van der Waals surface area contributed by atoms with Gasteiger partial charge in [0, 0.05) is 38.9 Å². The Labute approximate surface area is 457 Å². The Morgan fingerprint density at radius 1 is 0.342 bits per heavy atom. The summed E-state index contributed by atoms with van der Waals surface area (Å²) in [6.07, 6.45) is 8.87. The van der Waals surface area contributed by atoms with Gasteiger partial charge >= 0.3 is 59.7 Å². The van der Waals surface area contributed by atoms with E-state index in [0.29, 0.717) is 88.2 Å². The molecule has 1 heterocycles. The number of carbonyl (C=O) groups is 10. The molecular formula is C56H72O23. The predicted octanol–water partition coefficient (Wildman–Crippen LogP) is 6.51. The van der Waals surface area contributed by atoms with Crippen LogP contribution >= 0.6 is 0 Å². The molecular weight excluding hydrogens is 1040 g/mol. The number of ether oxygens (including phenoxy) is 9. The number of unbranched alkanes of at least 4 members (excludes halogenated alkanes) is 8. The van der Waals surface area contributed by atoms with Crippen molar-refractivity contribution >= 4 is 59.7 Å². The lowest BCUT2D eigenvalue weighted by Gasteiger charge is -2.08. The maximum atomic E-state index is 12.1. The first-order valence-electron chi connectivity index (χ1n) is 26.0. The molecule has 0 bridgehead atoms. The number of cyclic esters (lactones) is 2. The summed E-state index contributed by atoms with van der Waals surface area (Å²) in [6, 6.07) is 18.1. The molecule has 0 atom stereocenters. The molecule has 0 radical (unpaired) electrons. The van der Waals surface area contributed by atoms with Crippen molar-refractivity contribution in [2.24, 2.45) is 0 Å². The van der Waals surface area contributed by atoms with Gasteiger partial charge in [0.25, 0.3) is 0 Å². The van der Waals surface area contributed by atoms with Crippen LogP contribution in [-0.2, 0) is 61.8 Å². The van der Waals surface area contributed by atoms with Crippen molar-refractivity contribution in [3.05, 3.63) is 106 Å². The van der Waals surface area contributed by atoms with Crippen LogP contribution < -0.4 is 0 Å². The van der Waals surface area contributed by atoms with Gasteiger partial charge in [0.2, 0.25) is 0 Å². The van der Waals surface area contributed by atoms with E-state index >= 15 is 0 Å². The zero-order valence-electron chi connectivity index (χ0n) is 44.3. The van der Waals surface area contributed by atoms with Gasteiger partial charge < -0.3 is 63.1 Å². The van der Waals surface area contributed by atoms with Crippen LogP contribution in [0.5, 0.6) is 0 Å². The Hall–Kier alpha value is -7.60. The Bertz CT molecular complexity index is 2200. The van der Waals surface area contributed by atoms with Crippen molar-refractivity contribution < 1.29 is 111 Å². The molecule has 4 rings (SSSR count). The average Bonchev–Trinajstić information content (AvgIpc) is 3.77. The second-order valence-electron chi connectivity index (χ2n) is 17.0. The predicted molar refractivity (Wildman–Crippen MR) is 277 cm³/mol. The van der Waals surface area contributed by atoms with Crippen molar-refractivity contribution in [1.29, 1.82) is 0 Å². The first-order chi connectivity index (χ1) is 38.2. The maximum absolute atomic E-state index is 12.1. The molecule has 0 aliphatic carbocycles. The number of rotatable bonds is 38. The van der Waals surface area contributed by atoms with E-state index in [4.69, 9.17) is 58.3 Å². The summed E-state index contributed by atoms with van der Waals surface area (Å²) >= 11 is 0. The van der Waals surface area contributed by atoms with Gasteiger partial charge in [-0.1, -0.05) is 49.2 Å². The molecule has 3 aromatic carbocycles. The van der Waals surface area contributed by atoms with Gasteiger partial charge in [0.1, 0.15) is 26.4 Å². The zero-order valence-corrected chi connectivity index (χ0v) is 44.3. The fraction of sp³-hybridized carbons (Fsp3) is 0.500. The van der Waals surface area contributed by atoms with Crippen LogP contribution in [-0.4, -0.2) is 159 Å². The molecule has 434 valence electrons. The lowest BCUT2D eigenvalue weighted by Crippen LogP contribution is -2.14. The molecule has 23 nitrogen and oxygen atoms in total. The maximum Gasteiger partial charge on any atom is 0.346 e. The van der Waals surface area contributed by atoms with Gasteiger partial charge in [0.15, 0.2) is 0 Å². The Morgan fingerprint density at radius 3 is 0.937 bits per heavy atom. The molecule has 23 heteroatoms. The topological polar surface area (TPSA) is 335 Å². The molecule has 4 N–H and O–H groups in total. The van der Waals surface area contributed by atoms with E-state index in [-0.39, 0.29) is 126 Å². The summed E-state index contributed by atoms with van der Waals surface area (Å²) in [5.74, 6) is -6.25. The minimum Gasteiger partial charge on any atom is -0.478 e. The fourth-order valence-corrected chi connectivity index (χ4v) is 6.78. The van der Waals surface area contributed by atoms with Crippen LogP contribution in [0.2, 0.25) is 0 Å². The number of benzene rings is 3. The molecule has 0 spiro atoms. The van der Waals surface area contributed by atoms with Gasteiger partial charge in [0.05, 0.1) is 73.0 Å². The minimum atomic E-state index is -1.21. The van der Waals surface area contributed by atoms with Gasteiger partial charge in [-0.25, -0.2) is 28.8 Å². The summed E-state index contributed by atoms with van der Waals surface area (Å²) in [4.78, 5) is 114. The van der Waals surface area contributed by atoms with Crippen molar-refractivity contribution in [2.75, 3.05) is 79.3 Å². The number of carboxylic acid groups (broad SMARTS) is 2. The van der Waals surface area contributed by atoms with Crippen LogP contribution in [0.1, 0.15) is 165 Å². The Kier molecular flexibility index (Phi) is 36.3. The highest BCUT2D eigenvalue weighted by Gasteiger charge is 2.28. The summed E-state index contributed by atoms with van der Waals surface area (Å²) in [7, 11) is 0. The summed E-state index contributed by atoms with van der Waals surface area (Å²) in [6.45, 7) is 1.83. The smallest absolute Gasteiger partial charge is 0.346 e. The van der Waals surface area contributed by atoms with Gasteiger partial charge in [-0.15, -0.1) is 0 Å². The van der Waals surface area contributed by atoms with Crippen LogP contribution in [0.25, 0.3) is 0 Å². The lowest BCUT2D eigenvalue weighted by molar-refractivity contribution is -0.148. The molecule has 0 unspecified atom stereocenters. The van der Waals surface area contributed by atoms with Gasteiger partial charge in [-0.3, -0.25) is 19.2 Å². The number of aliphatic hydroxyl groups excluding tert-OH is 2. The highest BCUT2D eigenvalue weighted by Crippen LogP contribution is 2.19. The molecule has 3 aromatic rings. The van der Waals surface area contributed by atoms with Crippen molar-refractivity contribution in [2.45, 2.75) is 103 Å². The van der Waals surface area contributed by atoms with E-state index in [0.717, 1.165) is 12.8 Å². The first-order valence-corrected chi connectivity index (χ1v) is 26.0. The number of hydrogen-bond donors (Lipinski definition) is 4. The number of fused-ring (bicyclic) bond motifs is 1. The molecule has 1 aliphatic heterocycles. The molecule has 0 saturated heterocycles. The number of aliphatic hydroxyl groups is 2. The second-order valence-corrected chi connectivity index (χ2v) is 17.0. The molecule has 1 aliphatic rings. The second kappa shape index (κ2) is 42.4. The quantitative estimate of drug-likeness (QED) is 0.0205. The highest BCUT2D eigenvalue weighted by atomic mass is 16.6. The number of aromatic carboxylic acids is 2. The van der Waals surface area contributed by atoms with Crippen LogP contribution in [0, 0.1) is 0 Å². The monoisotopic (exact) mass is 1110 g/mol. The third-order valence-electron chi connectivity index (χ3n) is 10.9. The van der Waals surface area contributed by atoms with Crippen LogP contribution in [0.15, 0.2) is 72.8 Å². The van der Waals surface area contributed by atoms with E-state index in [1.165, 1.54) is 36.4 Å². The van der Waals surface area contributed by atoms with E-state index < -0.39 is 47.8 Å². The van der Waals surface area contributed by atoms with E-state index in [9.17, 15) is 47.9 Å². The molecule has 0 aromatic heterocycles. The van der Waals surface area contributed by atoms with Crippen molar-refractivity contribution in [3.8, 4) is 0 Å². The Morgan fingerprint density at radius 2 is 0.633 bits per heavy atom. The number of esters is 8. The summed E-state index contributed by atoms with van der Waals surface area (Å²) in [5.41, 5.74) is 0.451. The van der Waals surface area contributed by atoms with Crippen LogP contribution in [0.3, 0.4) is 0 Å². The molecule has 0 amide bonds. The molecule has 0 fully saturated rings. The normalized spacial score (nSPS) is 11.1. The van der Waals surface area contributed by atoms with Gasteiger partial charge in [-0.2, -0.15) is 0 Å². The minimum absolute atomic E-state index is 0.0104. The molecule has 0 saturated carbocycles. The summed E-state index contributed by atoms with van der Waals surface area (Å²) < 4.78 is 45.2. The lowest BCUT2D eigenvalue weighted by atomic mass is 10.1. The van der Waals surface area contributed by atoms with E-state index in [2.05, 4.69) is 4.74 Å². The fourth-order valence-electron chi connectivity index (χ4n) is 6.78. The van der Waals surface area contributed by atoms with Crippen molar-refractivity contribution in [3.63, 3.8) is 0 Å². The number of carboxylic acids is 2. The number of hydrogen-bond acceptors (Lipinski definition) is 21. The van der Waals surface area contributed by atoms with Crippen molar-refractivity contribution in [1.82, 2.24) is 0 Å². The van der Waals surface area contributed by atoms with Gasteiger partial charge in [-0.05, 0) is 101 Å². The highest BCUT2D eigenvalue weighted by molar-refractivity contribution is 6.14. The molecule has 79 heavy (non-hydrogen) atoms. The van der Waals surface area contributed by atoms with Crippen LogP contribution in [0.4, 0.5) is 0 Å².